The molecule has 0 spiro atoms. The smallest absolute Gasteiger partial charge is 0.274 e. The van der Waals surface area contributed by atoms with E-state index in [1.807, 2.05) is 23.1 Å². The lowest BCUT2D eigenvalue weighted by Gasteiger charge is -2.34. The minimum Gasteiger partial charge on any atom is -0.494 e. The van der Waals surface area contributed by atoms with Crippen LogP contribution in [0.3, 0.4) is 0 Å². The highest BCUT2D eigenvalue weighted by atomic mass is 16.5. The number of ether oxygens (including phenoxy) is 1. The van der Waals surface area contributed by atoms with Crippen LogP contribution in [-0.2, 0) is 11.3 Å². The van der Waals surface area contributed by atoms with E-state index in [4.69, 9.17) is 4.74 Å². The summed E-state index contributed by atoms with van der Waals surface area (Å²) in [5.74, 6) is 0.815. The largest absolute Gasteiger partial charge is 0.494 e. The summed E-state index contributed by atoms with van der Waals surface area (Å²) in [4.78, 5) is 33.5. The molecule has 2 N–H and O–H groups in total. The monoisotopic (exact) mass is 426 g/mol. The first kappa shape index (κ1) is 21.4. The van der Waals surface area contributed by atoms with Crippen molar-refractivity contribution in [3.8, 4) is 5.75 Å². The van der Waals surface area contributed by atoms with Crippen LogP contribution < -0.4 is 21.3 Å². The number of carbonyl (C=O) groups excluding carboxylic acids is 1. The second kappa shape index (κ2) is 9.51. The molecule has 2 aliphatic rings. The highest BCUT2D eigenvalue weighted by molar-refractivity contribution is 5.76. The first-order chi connectivity index (χ1) is 15.1. The van der Waals surface area contributed by atoms with Gasteiger partial charge in [0.2, 0.25) is 11.5 Å². The third-order valence-corrected chi connectivity index (χ3v) is 6.16. The summed E-state index contributed by atoms with van der Waals surface area (Å²) in [7, 11) is 0. The molecule has 4 rings (SSSR count). The van der Waals surface area contributed by atoms with E-state index in [2.05, 4.69) is 16.6 Å². The van der Waals surface area contributed by atoms with Crippen molar-refractivity contribution in [2.24, 2.45) is 4.99 Å². The zero-order valence-electron chi connectivity index (χ0n) is 17.8. The zero-order chi connectivity index (χ0) is 21.8. The molecule has 0 unspecified atom stereocenters. The van der Waals surface area contributed by atoms with E-state index in [-0.39, 0.29) is 24.1 Å². The second-order valence-corrected chi connectivity index (χ2v) is 8.27. The summed E-state index contributed by atoms with van der Waals surface area (Å²) >= 11 is 0. The Kier molecular flexibility index (Phi) is 6.56. The highest BCUT2D eigenvalue weighted by Crippen LogP contribution is 2.26. The summed E-state index contributed by atoms with van der Waals surface area (Å²) in [5.41, 5.74) is 2.05. The topological polar surface area (TPSA) is 99.9 Å². The van der Waals surface area contributed by atoms with E-state index in [0.29, 0.717) is 49.3 Å². The first-order valence-corrected chi connectivity index (χ1v) is 11.1. The first-order valence-electron chi connectivity index (χ1n) is 11.1. The number of aliphatic hydroxyl groups excluding tert-OH is 1. The van der Waals surface area contributed by atoms with Crippen LogP contribution in [0.4, 0.5) is 5.69 Å². The van der Waals surface area contributed by atoms with Gasteiger partial charge in [-0.15, -0.1) is 0 Å². The summed E-state index contributed by atoms with van der Waals surface area (Å²) in [6.45, 7) is 5.17. The average Bonchev–Trinajstić information content (AvgIpc) is 3.06. The number of carbonyl (C=O) groups is 1. The predicted molar refractivity (Wildman–Crippen MR) is 117 cm³/mol. The number of hydrogen-bond donors (Lipinski definition) is 2. The van der Waals surface area contributed by atoms with Crippen LogP contribution >= 0.6 is 0 Å². The second-order valence-electron chi connectivity index (χ2n) is 8.27. The lowest BCUT2D eigenvalue weighted by molar-refractivity contribution is -0.135. The van der Waals surface area contributed by atoms with Gasteiger partial charge in [0, 0.05) is 24.6 Å². The van der Waals surface area contributed by atoms with Gasteiger partial charge in [0.15, 0.2) is 0 Å². The van der Waals surface area contributed by atoms with E-state index in [9.17, 15) is 14.7 Å². The van der Waals surface area contributed by atoms with Crippen molar-refractivity contribution in [2.45, 2.75) is 57.5 Å². The minimum atomic E-state index is -0.226. The Morgan fingerprint density at radius 1 is 1.32 bits per heavy atom. The lowest BCUT2D eigenvalue weighted by Crippen LogP contribution is -2.43. The number of aromatic nitrogens is 2. The van der Waals surface area contributed by atoms with Crippen molar-refractivity contribution in [3.63, 3.8) is 0 Å². The third kappa shape index (κ3) is 4.74. The molecule has 1 amide bonds. The van der Waals surface area contributed by atoms with Crippen LogP contribution in [0.1, 0.15) is 50.5 Å². The van der Waals surface area contributed by atoms with Gasteiger partial charge in [0.05, 0.1) is 25.4 Å². The molecule has 1 aromatic carbocycles. The van der Waals surface area contributed by atoms with Crippen LogP contribution in [0, 0.1) is 0 Å². The molecule has 1 aliphatic carbocycles. The molecular weight excluding hydrogens is 396 g/mol. The van der Waals surface area contributed by atoms with E-state index < -0.39 is 0 Å². The fourth-order valence-corrected chi connectivity index (χ4v) is 4.49. The summed E-state index contributed by atoms with van der Waals surface area (Å²) in [6, 6.07) is 5.92. The fraction of sp³-hybridized carbons (Fsp3) is 0.522. The molecule has 0 bridgehead atoms. The molecule has 8 heteroatoms. The molecule has 1 aromatic heterocycles. The number of fused-ring (bicyclic) bond motifs is 2. The molecule has 2 aromatic rings. The maximum absolute atomic E-state index is 12.7. The van der Waals surface area contributed by atoms with Crippen LogP contribution in [0.2, 0.25) is 0 Å². The van der Waals surface area contributed by atoms with Gasteiger partial charge in [0.25, 0.3) is 5.56 Å². The Bertz CT molecular complexity index is 1100. The van der Waals surface area contributed by atoms with E-state index in [1.165, 1.54) is 6.42 Å². The number of aromatic amines is 1. The van der Waals surface area contributed by atoms with Gasteiger partial charge in [0.1, 0.15) is 11.1 Å². The number of benzene rings is 1. The fourth-order valence-electron chi connectivity index (χ4n) is 4.49. The van der Waals surface area contributed by atoms with E-state index in [1.54, 1.807) is 4.57 Å². The SMILES string of the molecule is C=c1c(=O)[nH]c2n1Cc1cc(OCCCC(=O)N(CCO)C3CCCCC3)ccc1N=2. The Morgan fingerprint density at radius 3 is 2.90 bits per heavy atom. The number of rotatable bonds is 8. The van der Waals surface area contributed by atoms with Crippen molar-refractivity contribution in [1.82, 2.24) is 14.5 Å². The number of aliphatic hydroxyl groups is 1. The molecule has 1 saturated carbocycles. The Morgan fingerprint density at radius 2 is 2.13 bits per heavy atom. The van der Waals surface area contributed by atoms with Gasteiger partial charge in [-0.2, -0.15) is 0 Å². The quantitative estimate of drug-likeness (QED) is 0.529. The van der Waals surface area contributed by atoms with Gasteiger partial charge in [-0.05, 0) is 37.5 Å². The molecule has 8 nitrogen and oxygen atoms in total. The molecule has 0 atom stereocenters. The van der Waals surface area contributed by atoms with Gasteiger partial charge >= 0.3 is 0 Å². The number of H-pyrrole nitrogens is 1. The lowest BCUT2D eigenvalue weighted by atomic mass is 9.94. The maximum atomic E-state index is 12.7. The molecule has 31 heavy (non-hydrogen) atoms. The molecule has 1 aliphatic heterocycles. The molecule has 166 valence electrons. The summed E-state index contributed by atoms with van der Waals surface area (Å²) in [6.07, 6.45) is 6.64. The molecule has 1 fully saturated rings. The maximum Gasteiger partial charge on any atom is 0.274 e. The normalized spacial score (nSPS) is 15.6. The Balaban J connectivity index is 1.31. The summed E-state index contributed by atoms with van der Waals surface area (Å²) in [5, 5.41) is 9.75. The molecule has 2 heterocycles. The van der Waals surface area contributed by atoms with Crippen molar-refractivity contribution in [3.05, 3.63) is 45.1 Å². The van der Waals surface area contributed by atoms with Crippen molar-refractivity contribution in [1.29, 1.82) is 0 Å². The van der Waals surface area contributed by atoms with Gasteiger partial charge in [-0.3, -0.25) is 14.6 Å². The number of nitrogens with one attached hydrogen (secondary N) is 1. The molecule has 0 radical (unpaired) electrons. The molecular formula is C23H30N4O4. The molecule has 0 saturated heterocycles. The zero-order valence-corrected chi connectivity index (χ0v) is 17.8. The van der Waals surface area contributed by atoms with E-state index >= 15 is 0 Å². The highest BCUT2D eigenvalue weighted by Gasteiger charge is 2.24. The Labute approximate surface area is 180 Å². The number of amides is 1. The van der Waals surface area contributed by atoms with Crippen molar-refractivity contribution in [2.75, 3.05) is 19.8 Å². The number of imidazole rings is 1. The van der Waals surface area contributed by atoms with Crippen LogP contribution in [0.5, 0.6) is 5.75 Å². The predicted octanol–water partition coefficient (Wildman–Crippen LogP) is 1.21. The van der Waals surface area contributed by atoms with Gasteiger partial charge in [-0.25, -0.2) is 4.99 Å². The van der Waals surface area contributed by atoms with Crippen molar-refractivity contribution >= 4 is 18.2 Å². The third-order valence-electron chi connectivity index (χ3n) is 6.16. The van der Waals surface area contributed by atoms with Gasteiger partial charge < -0.3 is 19.3 Å². The number of nitrogens with zero attached hydrogens (tertiary/aromatic N) is 3. The summed E-state index contributed by atoms with van der Waals surface area (Å²) < 4.78 is 7.63. The van der Waals surface area contributed by atoms with Crippen LogP contribution in [0.15, 0.2) is 28.0 Å². The standard InChI is InChI=1S/C23H30N4O4/c1-16-22(30)25-23-24-20-10-9-19(14-17(20)15-27(16)23)31-13-5-8-21(29)26(11-12-28)18-6-3-2-4-7-18/h9-10,14,18,28H,1-8,11-13,15H2,(H,24,25,30). The minimum absolute atomic E-state index is 0.00260. The average molecular weight is 427 g/mol. The van der Waals surface area contributed by atoms with Crippen LogP contribution in [-0.4, -0.2) is 51.3 Å². The van der Waals surface area contributed by atoms with E-state index in [0.717, 1.165) is 36.9 Å². The van der Waals surface area contributed by atoms with Crippen molar-refractivity contribution < 1.29 is 14.6 Å². The van der Waals surface area contributed by atoms with Crippen LogP contribution in [0.25, 0.3) is 6.58 Å². The Hall–Kier alpha value is -2.87. The number of hydrogen-bond acceptors (Lipinski definition) is 5. The van der Waals surface area contributed by atoms with Gasteiger partial charge in [-0.1, -0.05) is 25.8 Å².